The van der Waals surface area contributed by atoms with Crippen molar-refractivity contribution >= 4 is 11.8 Å². The Morgan fingerprint density at radius 1 is 1.20 bits per heavy atom. The lowest BCUT2D eigenvalue weighted by atomic mass is 9.81. The van der Waals surface area contributed by atoms with Gasteiger partial charge in [-0.2, -0.15) is 0 Å². The molecule has 1 heterocycles. The topological polar surface area (TPSA) is 49.4 Å². The van der Waals surface area contributed by atoms with E-state index in [1.807, 2.05) is 4.90 Å². The van der Waals surface area contributed by atoms with Crippen LogP contribution in [0.1, 0.15) is 59.3 Å². The molecule has 1 saturated carbocycles. The molecule has 1 saturated heterocycles. The number of hydrogen-bond acceptors (Lipinski definition) is 2. The van der Waals surface area contributed by atoms with E-state index >= 15 is 0 Å². The van der Waals surface area contributed by atoms with Gasteiger partial charge >= 0.3 is 0 Å². The molecule has 1 aliphatic carbocycles. The largest absolute Gasteiger partial charge is 0.342 e. The third kappa shape index (κ3) is 3.74. The predicted molar refractivity (Wildman–Crippen MR) is 79.2 cm³/mol. The van der Waals surface area contributed by atoms with Gasteiger partial charge in [-0.1, -0.05) is 32.6 Å². The van der Waals surface area contributed by atoms with Gasteiger partial charge in [0.25, 0.3) is 0 Å². The highest BCUT2D eigenvalue weighted by Gasteiger charge is 2.36. The lowest BCUT2D eigenvalue weighted by Gasteiger charge is -2.31. The van der Waals surface area contributed by atoms with E-state index in [0.717, 1.165) is 24.8 Å². The fourth-order valence-electron chi connectivity index (χ4n) is 3.37. The molecule has 1 N–H and O–H groups in total. The van der Waals surface area contributed by atoms with E-state index in [2.05, 4.69) is 12.2 Å². The minimum atomic E-state index is -0.755. The van der Waals surface area contributed by atoms with Crippen molar-refractivity contribution in [1.82, 2.24) is 10.2 Å². The Bertz CT molecular complexity index is 371. The monoisotopic (exact) mass is 280 g/mol. The Balaban J connectivity index is 1.88. The number of rotatable bonds is 3. The van der Waals surface area contributed by atoms with E-state index in [9.17, 15) is 9.59 Å². The van der Waals surface area contributed by atoms with Crippen molar-refractivity contribution in [1.29, 1.82) is 0 Å². The van der Waals surface area contributed by atoms with Gasteiger partial charge in [0, 0.05) is 19.5 Å². The van der Waals surface area contributed by atoms with Crippen molar-refractivity contribution in [3.05, 3.63) is 0 Å². The molecule has 20 heavy (non-hydrogen) atoms. The molecule has 0 spiro atoms. The van der Waals surface area contributed by atoms with Gasteiger partial charge < -0.3 is 10.2 Å². The number of nitrogens with zero attached hydrogens (tertiary/aromatic N) is 1. The fraction of sp³-hybridized carbons (Fsp3) is 0.875. The zero-order chi connectivity index (χ0) is 14.8. The van der Waals surface area contributed by atoms with Crippen LogP contribution in [0.15, 0.2) is 0 Å². The Morgan fingerprint density at radius 3 is 2.50 bits per heavy atom. The number of hydrogen-bond donors (Lipinski definition) is 1. The summed E-state index contributed by atoms with van der Waals surface area (Å²) >= 11 is 0. The average Bonchev–Trinajstić information content (AvgIpc) is 2.48. The summed E-state index contributed by atoms with van der Waals surface area (Å²) in [4.78, 5) is 26.0. The molecule has 2 amide bonds. The molecule has 1 aliphatic heterocycles. The van der Waals surface area contributed by atoms with E-state index in [4.69, 9.17) is 0 Å². The van der Waals surface area contributed by atoms with Crippen molar-refractivity contribution in [2.45, 2.75) is 64.8 Å². The van der Waals surface area contributed by atoms with Crippen molar-refractivity contribution in [2.75, 3.05) is 13.1 Å². The van der Waals surface area contributed by atoms with Crippen LogP contribution in [0, 0.1) is 11.8 Å². The van der Waals surface area contributed by atoms with E-state index in [1.165, 1.54) is 25.7 Å². The second-order valence-electron chi connectivity index (χ2n) is 7.13. The van der Waals surface area contributed by atoms with Crippen LogP contribution < -0.4 is 5.32 Å². The minimum absolute atomic E-state index is 0.0164. The first-order valence-corrected chi connectivity index (χ1v) is 7.99. The molecule has 4 nitrogen and oxygen atoms in total. The van der Waals surface area contributed by atoms with Gasteiger partial charge in [-0.15, -0.1) is 0 Å². The maximum absolute atomic E-state index is 12.4. The SMILES string of the molecule is CC1CCC(CCN2CCC(=O)NC(C)(C)C2=O)CC1. The molecule has 0 atom stereocenters. The van der Waals surface area contributed by atoms with Crippen LogP contribution in [0.5, 0.6) is 0 Å². The normalized spacial score (nSPS) is 30.9. The lowest BCUT2D eigenvalue weighted by molar-refractivity contribution is -0.137. The van der Waals surface area contributed by atoms with Crippen molar-refractivity contribution < 1.29 is 9.59 Å². The highest BCUT2D eigenvalue weighted by atomic mass is 16.2. The summed E-state index contributed by atoms with van der Waals surface area (Å²) in [5.74, 6) is 1.67. The minimum Gasteiger partial charge on any atom is -0.342 e. The van der Waals surface area contributed by atoms with Crippen LogP contribution in [-0.2, 0) is 9.59 Å². The maximum atomic E-state index is 12.4. The van der Waals surface area contributed by atoms with Gasteiger partial charge in [-0.3, -0.25) is 9.59 Å². The quantitative estimate of drug-likeness (QED) is 0.862. The zero-order valence-electron chi connectivity index (χ0n) is 13.1. The molecular formula is C16H28N2O2. The first-order valence-electron chi connectivity index (χ1n) is 7.99. The van der Waals surface area contributed by atoms with Crippen LogP contribution in [0.4, 0.5) is 0 Å². The smallest absolute Gasteiger partial charge is 0.247 e. The van der Waals surface area contributed by atoms with Gasteiger partial charge in [0.1, 0.15) is 5.54 Å². The Morgan fingerprint density at radius 2 is 1.85 bits per heavy atom. The Labute approximate surface area is 122 Å². The average molecular weight is 280 g/mol. The van der Waals surface area contributed by atoms with Crippen LogP contribution >= 0.6 is 0 Å². The highest BCUT2D eigenvalue weighted by molar-refractivity contribution is 5.92. The molecule has 2 fully saturated rings. The second-order valence-corrected chi connectivity index (χ2v) is 7.13. The summed E-state index contributed by atoms with van der Waals surface area (Å²) < 4.78 is 0. The molecule has 114 valence electrons. The molecule has 0 aromatic heterocycles. The summed E-state index contributed by atoms with van der Waals surface area (Å²) in [7, 11) is 0. The highest BCUT2D eigenvalue weighted by Crippen LogP contribution is 2.30. The first-order chi connectivity index (χ1) is 9.38. The zero-order valence-corrected chi connectivity index (χ0v) is 13.1. The molecule has 0 unspecified atom stereocenters. The molecule has 2 rings (SSSR count). The van der Waals surface area contributed by atoms with Gasteiger partial charge in [0.15, 0.2) is 0 Å². The van der Waals surface area contributed by atoms with E-state index in [0.29, 0.717) is 13.0 Å². The molecular weight excluding hydrogens is 252 g/mol. The number of carbonyl (C=O) groups excluding carboxylic acids is 2. The molecule has 0 aromatic rings. The third-order valence-corrected chi connectivity index (χ3v) is 4.83. The van der Waals surface area contributed by atoms with Gasteiger partial charge in [0.05, 0.1) is 0 Å². The van der Waals surface area contributed by atoms with E-state index in [1.54, 1.807) is 13.8 Å². The summed E-state index contributed by atoms with van der Waals surface area (Å²) in [5, 5.41) is 2.81. The van der Waals surface area contributed by atoms with Crippen LogP contribution in [0.2, 0.25) is 0 Å². The molecule has 0 aromatic carbocycles. The van der Waals surface area contributed by atoms with Gasteiger partial charge in [-0.05, 0) is 32.1 Å². The summed E-state index contributed by atoms with van der Waals surface area (Å²) in [6.45, 7) is 7.30. The summed E-state index contributed by atoms with van der Waals surface area (Å²) in [5.41, 5.74) is -0.755. The van der Waals surface area contributed by atoms with Crippen molar-refractivity contribution in [3.63, 3.8) is 0 Å². The molecule has 2 aliphatic rings. The van der Waals surface area contributed by atoms with Crippen LogP contribution in [0.25, 0.3) is 0 Å². The van der Waals surface area contributed by atoms with Crippen LogP contribution in [0.3, 0.4) is 0 Å². The lowest BCUT2D eigenvalue weighted by Crippen LogP contribution is -2.53. The van der Waals surface area contributed by atoms with Crippen molar-refractivity contribution in [3.8, 4) is 0 Å². The second kappa shape index (κ2) is 6.15. The Kier molecular flexibility index (Phi) is 4.71. The third-order valence-electron chi connectivity index (χ3n) is 4.83. The number of carbonyl (C=O) groups is 2. The Hall–Kier alpha value is -1.06. The summed E-state index contributed by atoms with van der Waals surface area (Å²) in [6.07, 6.45) is 6.75. The molecule has 0 radical (unpaired) electrons. The standard InChI is InChI=1S/C16H28N2O2/c1-12-4-6-13(7-5-12)8-10-18-11-9-14(19)17-16(2,3)15(18)20/h12-13H,4-11H2,1-3H3,(H,17,19). The molecule has 4 heteroatoms. The van der Waals surface area contributed by atoms with Crippen molar-refractivity contribution in [2.24, 2.45) is 11.8 Å². The maximum Gasteiger partial charge on any atom is 0.247 e. The van der Waals surface area contributed by atoms with E-state index in [-0.39, 0.29) is 11.8 Å². The van der Waals surface area contributed by atoms with Gasteiger partial charge in [0.2, 0.25) is 11.8 Å². The first kappa shape index (κ1) is 15.3. The predicted octanol–water partition coefficient (Wildman–Crippen LogP) is 2.33. The van der Waals surface area contributed by atoms with Crippen LogP contribution in [-0.4, -0.2) is 35.3 Å². The fourth-order valence-corrected chi connectivity index (χ4v) is 3.37. The number of nitrogens with one attached hydrogen (secondary N) is 1. The summed E-state index contributed by atoms with van der Waals surface area (Å²) in [6, 6.07) is 0. The van der Waals surface area contributed by atoms with Gasteiger partial charge in [-0.25, -0.2) is 0 Å². The molecule has 0 bridgehead atoms. The number of amides is 2. The van der Waals surface area contributed by atoms with E-state index < -0.39 is 5.54 Å².